The largest absolute Gasteiger partial charge is 0.382 e. The molecular formula is C17H24N2O2. The Morgan fingerprint density at radius 2 is 2.24 bits per heavy atom. The summed E-state index contributed by atoms with van der Waals surface area (Å²) in [4.78, 5) is 12.7. The Balaban J connectivity index is 1.72. The van der Waals surface area contributed by atoms with Crippen LogP contribution in [0.15, 0.2) is 24.3 Å². The number of para-hydroxylation sites is 1. The Labute approximate surface area is 126 Å². The molecule has 3 rings (SSSR count). The summed E-state index contributed by atoms with van der Waals surface area (Å²) in [5, 5.41) is 6.61. The number of rotatable bonds is 3. The topological polar surface area (TPSA) is 50.4 Å². The van der Waals surface area contributed by atoms with E-state index in [-0.39, 0.29) is 24.0 Å². The molecule has 2 aliphatic heterocycles. The van der Waals surface area contributed by atoms with Crippen molar-refractivity contribution in [3.05, 3.63) is 29.8 Å². The number of carbonyl (C=O) groups is 1. The smallest absolute Gasteiger partial charge is 0.227 e. The van der Waals surface area contributed by atoms with E-state index in [9.17, 15) is 4.79 Å². The number of fused-ring (bicyclic) bond motifs is 1. The fourth-order valence-electron chi connectivity index (χ4n) is 3.40. The van der Waals surface area contributed by atoms with Gasteiger partial charge in [-0.25, -0.2) is 0 Å². The van der Waals surface area contributed by atoms with Gasteiger partial charge in [-0.1, -0.05) is 18.2 Å². The third-order valence-corrected chi connectivity index (χ3v) is 4.54. The lowest BCUT2D eigenvalue weighted by molar-refractivity contribution is -0.124. The van der Waals surface area contributed by atoms with Gasteiger partial charge in [-0.15, -0.1) is 0 Å². The maximum absolute atomic E-state index is 12.7. The molecule has 21 heavy (non-hydrogen) atoms. The van der Waals surface area contributed by atoms with Gasteiger partial charge in [0.1, 0.15) is 0 Å². The number of nitrogens with one attached hydrogen (secondary N) is 2. The van der Waals surface area contributed by atoms with E-state index in [1.165, 1.54) is 0 Å². The first-order chi connectivity index (χ1) is 10.1. The molecular weight excluding hydrogens is 264 g/mol. The molecule has 4 unspecified atom stereocenters. The van der Waals surface area contributed by atoms with Crippen LogP contribution in [-0.2, 0) is 9.53 Å². The van der Waals surface area contributed by atoms with Crippen molar-refractivity contribution in [3.8, 4) is 0 Å². The molecule has 4 atom stereocenters. The van der Waals surface area contributed by atoms with Crippen molar-refractivity contribution in [2.24, 2.45) is 0 Å². The van der Waals surface area contributed by atoms with Gasteiger partial charge in [-0.2, -0.15) is 0 Å². The van der Waals surface area contributed by atoms with Crippen LogP contribution in [0, 0.1) is 0 Å². The summed E-state index contributed by atoms with van der Waals surface area (Å²) >= 11 is 0. The van der Waals surface area contributed by atoms with Crippen LogP contribution in [-0.4, -0.2) is 30.7 Å². The highest BCUT2D eigenvalue weighted by Gasteiger charge is 2.32. The molecule has 2 aliphatic rings. The molecule has 1 aromatic carbocycles. The Morgan fingerprint density at radius 1 is 1.43 bits per heavy atom. The Bertz CT molecular complexity index is 511. The normalized spacial score (nSPS) is 29.3. The van der Waals surface area contributed by atoms with Crippen molar-refractivity contribution in [3.63, 3.8) is 0 Å². The quantitative estimate of drug-likeness (QED) is 0.899. The number of amides is 1. The second-order valence-electron chi connectivity index (χ2n) is 6.27. The molecule has 0 radical (unpaired) electrons. The van der Waals surface area contributed by atoms with Gasteiger partial charge in [-0.05, 0) is 44.7 Å². The maximum atomic E-state index is 12.7. The van der Waals surface area contributed by atoms with Crippen LogP contribution in [0.5, 0.6) is 0 Å². The number of hydrogen-bond donors (Lipinski definition) is 2. The molecule has 1 aromatic rings. The van der Waals surface area contributed by atoms with E-state index in [1.807, 2.05) is 19.1 Å². The molecule has 114 valence electrons. The first kappa shape index (κ1) is 14.4. The second-order valence-corrected chi connectivity index (χ2v) is 6.27. The molecule has 4 nitrogen and oxygen atoms in total. The summed E-state index contributed by atoms with van der Waals surface area (Å²) in [6.07, 6.45) is 3.14. The van der Waals surface area contributed by atoms with Gasteiger partial charge in [0.05, 0.1) is 18.1 Å². The van der Waals surface area contributed by atoms with Crippen LogP contribution in [0.2, 0.25) is 0 Å². The number of ether oxygens (including phenoxy) is 1. The zero-order valence-corrected chi connectivity index (χ0v) is 12.8. The van der Waals surface area contributed by atoms with Crippen LogP contribution in [0.1, 0.15) is 44.6 Å². The van der Waals surface area contributed by atoms with Crippen molar-refractivity contribution in [2.75, 3.05) is 11.9 Å². The average Bonchev–Trinajstić information content (AvgIpc) is 3.00. The van der Waals surface area contributed by atoms with Gasteiger partial charge < -0.3 is 15.4 Å². The van der Waals surface area contributed by atoms with Gasteiger partial charge >= 0.3 is 0 Å². The number of benzene rings is 1. The van der Waals surface area contributed by atoms with Crippen molar-refractivity contribution in [1.29, 1.82) is 0 Å². The molecule has 0 saturated carbocycles. The summed E-state index contributed by atoms with van der Waals surface area (Å²) in [6.45, 7) is 4.99. The molecule has 2 heterocycles. The monoisotopic (exact) mass is 288 g/mol. The van der Waals surface area contributed by atoms with Gasteiger partial charge in [0, 0.05) is 18.3 Å². The minimum absolute atomic E-state index is 0.0682. The van der Waals surface area contributed by atoms with E-state index in [4.69, 9.17) is 4.74 Å². The van der Waals surface area contributed by atoms with Gasteiger partial charge in [0.15, 0.2) is 0 Å². The summed E-state index contributed by atoms with van der Waals surface area (Å²) in [5.41, 5.74) is 2.19. The average molecular weight is 288 g/mol. The number of hydrogen-bond acceptors (Lipinski definition) is 3. The molecule has 0 bridgehead atoms. The molecule has 1 fully saturated rings. The van der Waals surface area contributed by atoms with Gasteiger partial charge in [-0.3, -0.25) is 4.79 Å². The van der Waals surface area contributed by atoms with Crippen LogP contribution >= 0.6 is 0 Å². The predicted molar refractivity (Wildman–Crippen MR) is 83.5 cm³/mol. The van der Waals surface area contributed by atoms with Crippen molar-refractivity contribution in [2.45, 2.75) is 57.2 Å². The zero-order valence-electron chi connectivity index (χ0n) is 12.8. The Hall–Kier alpha value is -1.55. The van der Waals surface area contributed by atoms with E-state index in [0.29, 0.717) is 6.04 Å². The van der Waals surface area contributed by atoms with Crippen LogP contribution in [0.3, 0.4) is 0 Å². The third kappa shape index (κ3) is 3.05. The summed E-state index contributed by atoms with van der Waals surface area (Å²) in [7, 11) is 0. The van der Waals surface area contributed by atoms with Crippen molar-refractivity contribution in [1.82, 2.24) is 5.32 Å². The Kier molecular flexibility index (Phi) is 4.15. The lowest BCUT2D eigenvalue weighted by atomic mass is 9.86. The van der Waals surface area contributed by atoms with Gasteiger partial charge in [0.2, 0.25) is 5.91 Å². The minimum atomic E-state index is -0.0682. The van der Waals surface area contributed by atoms with E-state index >= 15 is 0 Å². The standard InChI is InChI=1S/C17H24N2O2/c1-11-10-14(13-6-3-4-7-15(13)18-11)17(20)19-12(2)16-8-5-9-21-16/h3-4,6-7,11-12,14,16,18H,5,8-10H2,1-2H3,(H,19,20). The molecule has 0 aromatic heterocycles. The second kappa shape index (κ2) is 6.06. The summed E-state index contributed by atoms with van der Waals surface area (Å²) in [5.74, 6) is 0.0557. The fourth-order valence-corrected chi connectivity index (χ4v) is 3.40. The van der Waals surface area contributed by atoms with Gasteiger partial charge in [0.25, 0.3) is 0 Å². The predicted octanol–water partition coefficient (Wildman–Crippen LogP) is 2.66. The maximum Gasteiger partial charge on any atom is 0.227 e. The fraction of sp³-hybridized carbons (Fsp3) is 0.588. The molecule has 0 aliphatic carbocycles. The zero-order chi connectivity index (χ0) is 14.8. The highest BCUT2D eigenvalue weighted by atomic mass is 16.5. The van der Waals surface area contributed by atoms with E-state index in [2.05, 4.69) is 29.7 Å². The first-order valence-electron chi connectivity index (χ1n) is 7.92. The highest BCUT2D eigenvalue weighted by molar-refractivity contribution is 5.86. The Morgan fingerprint density at radius 3 is 3.00 bits per heavy atom. The van der Waals surface area contributed by atoms with Crippen LogP contribution in [0.4, 0.5) is 5.69 Å². The lowest BCUT2D eigenvalue weighted by Crippen LogP contribution is -2.44. The van der Waals surface area contributed by atoms with E-state index in [0.717, 1.165) is 37.1 Å². The molecule has 4 heteroatoms. The lowest BCUT2D eigenvalue weighted by Gasteiger charge is -2.32. The SMILES string of the molecule is CC1CC(C(=O)NC(C)C2CCCO2)c2ccccc2N1. The number of anilines is 1. The van der Waals surface area contributed by atoms with Crippen molar-refractivity contribution >= 4 is 11.6 Å². The molecule has 2 N–H and O–H groups in total. The number of carbonyl (C=O) groups excluding carboxylic acids is 1. The molecule has 1 amide bonds. The summed E-state index contributed by atoms with van der Waals surface area (Å²) < 4.78 is 5.67. The third-order valence-electron chi connectivity index (χ3n) is 4.54. The van der Waals surface area contributed by atoms with Crippen LogP contribution < -0.4 is 10.6 Å². The van der Waals surface area contributed by atoms with E-state index in [1.54, 1.807) is 0 Å². The highest BCUT2D eigenvalue weighted by Crippen LogP contribution is 2.34. The summed E-state index contributed by atoms with van der Waals surface area (Å²) in [6, 6.07) is 8.50. The van der Waals surface area contributed by atoms with Crippen molar-refractivity contribution < 1.29 is 9.53 Å². The minimum Gasteiger partial charge on any atom is -0.382 e. The van der Waals surface area contributed by atoms with Crippen LogP contribution in [0.25, 0.3) is 0 Å². The molecule has 1 saturated heterocycles. The van der Waals surface area contributed by atoms with E-state index < -0.39 is 0 Å². The molecule has 0 spiro atoms. The first-order valence-corrected chi connectivity index (χ1v) is 7.92.